The molecular formula is C14H18O7S. The van der Waals surface area contributed by atoms with Crippen molar-refractivity contribution >= 4 is 22.1 Å². The number of carbonyl (C=O) groups is 2. The van der Waals surface area contributed by atoms with Gasteiger partial charge in [-0.25, -0.2) is 9.59 Å². The summed E-state index contributed by atoms with van der Waals surface area (Å²) in [4.78, 5) is 23.1. The van der Waals surface area contributed by atoms with Crippen LogP contribution in [0.25, 0.3) is 0 Å². The molecule has 122 valence electrons. The molecule has 0 amide bonds. The topological polar surface area (TPSA) is 96.0 Å². The highest BCUT2D eigenvalue weighted by molar-refractivity contribution is 7.87. The smallest absolute Gasteiger partial charge is 0.344 e. The predicted molar refractivity (Wildman–Crippen MR) is 74.0 cm³/mol. The number of carbonyl (C=O) groups excluding carboxylic acids is 2. The summed E-state index contributed by atoms with van der Waals surface area (Å²) in [6.45, 7) is 6.23. The second-order valence-electron chi connectivity index (χ2n) is 6.25. The van der Waals surface area contributed by atoms with E-state index < -0.39 is 40.0 Å². The Morgan fingerprint density at radius 2 is 2.00 bits per heavy atom. The van der Waals surface area contributed by atoms with Crippen molar-refractivity contribution in [1.29, 1.82) is 0 Å². The number of rotatable bonds is 4. The molecule has 22 heavy (non-hydrogen) atoms. The monoisotopic (exact) mass is 330 g/mol. The minimum Gasteiger partial charge on any atom is -0.458 e. The highest BCUT2D eigenvalue weighted by atomic mass is 32.2. The minimum absolute atomic E-state index is 0.0225. The van der Waals surface area contributed by atoms with Gasteiger partial charge in [0.25, 0.3) is 10.1 Å². The lowest BCUT2D eigenvalue weighted by Gasteiger charge is -2.29. The van der Waals surface area contributed by atoms with Crippen LogP contribution >= 0.6 is 0 Å². The van der Waals surface area contributed by atoms with E-state index in [0.717, 1.165) is 0 Å². The molecule has 2 aliphatic carbocycles. The Balaban J connectivity index is 1.67. The van der Waals surface area contributed by atoms with Crippen LogP contribution in [0.2, 0.25) is 0 Å². The van der Waals surface area contributed by atoms with Crippen molar-refractivity contribution in [3.63, 3.8) is 0 Å². The van der Waals surface area contributed by atoms with E-state index in [1.165, 1.54) is 6.92 Å². The normalized spacial score (nSPS) is 40.5. The van der Waals surface area contributed by atoms with Gasteiger partial charge in [0.2, 0.25) is 0 Å². The zero-order chi connectivity index (χ0) is 16.2. The first-order valence-corrected chi connectivity index (χ1v) is 8.63. The van der Waals surface area contributed by atoms with Crippen LogP contribution in [0.5, 0.6) is 0 Å². The van der Waals surface area contributed by atoms with Crippen LogP contribution in [0.15, 0.2) is 12.2 Å². The second kappa shape index (κ2) is 5.06. The fourth-order valence-corrected chi connectivity index (χ4v) is 5.92. The number of hydrogen-bond donors (Lipinski definition) is 0. The zero-order valence-corrected chi connectivity index (χ0v) is 13.2. The van der Waals surface area contributed by atoms with Crippen LogP contribution in [-0.2, 0) is 33.4 Å². The van der Waals surface area contributed by atoms with Gasteiger partial charge in [0.15, 0.2) is 6.61 Å². The molecule has 0 N–H and O–H groups in total. The van der Waals surface area contributed by atoms with Gasteiger partial charge in [0, 0.05) is 17.4 Å². The summed E-state index contributed by atoms with van der Waals surface area (Å²) in [6, 6.07) is 0. The lowest BCUT2D eigenvalue weighted by Crippen LogP contribution is -2.43. The highest BCUT2D eigenvalue weighted by Crippen LogP contribution is 2.58. The molecule has 6 atom stereocenters. The van der Waals surface area contributed by atoms with Gasteiger partial charge in [-0.05, 0) is 19.3 Å². The Labute approximate surface area is 128 Å². The second-order valence-corrected chi connectivity index (χ2v) is 7.97. The van der Waals surface area contributed by atoms with Crippen molar-refractivity contribution in [2.45, 2.75) is 37.7 Å². The Hall–Kier alpha value is -1.41. The van der Waals surface area contributed by atoms with E-state index in [4.69, 9.17) is 13.7 Å². The van der Waals surface area contributed by atoms with E-state index >= 15 is 0 Å². The summed E-state index contributed by atoms with van der Waals surface area (Å²) in [5.74, 6) is -1.55. The molecule has 1 aliphatic heterocycles. The summed E-state index contributed by atoms with van der Waals surface area (Å²) in [5, 5.41) is -0.792. The lowest BCUT2D eigenvalue weighted by atomic mass is 9.85. The number of esters is 2. The molecule has 1 heterocycles. The Kier molecular flexibility index (Phi) is 3.56. The Bertz CT molecular complexity index is 638. The first kappa shape index (κ1) is 15.5. The average Bonchev–Trinajstić information content (AvgIpc) is 2.99. The number of fused-ring (bicyclic) bond motifs is 1. The molecule has 8 heteroatoms. The van der Waals surface area contributed by atoms with Crippen molar-refractivity contribution in [3.8, 4) is 0 Å². The van der Waals surface area contributed by atoms with Gasteiger partial charge < -0.3 is 9.47 Å². The third kappa shape index (κ3) is 2.25. The molecule has 0 radical (unpaired) electrons. The van der Waals surface area contributed by atoms with Crippen LogP contribution in [0, 0.1) is 17.8 Å². The van der Waals surface area contributed by atoms with Crippen LogP contribution in [0.4, 0.5) is 0 Å². The first-order valence-electron chi connectivity index (χ1n) is 7.16. The molecule has 0 aromatic carbocycles. The fraction of sp³-hybridized carbons (Fsp3) is 0.714. The molecule has 0 spiro atoms. The van der Waals surface area contributed by atoms with Gasteiger partial charge in [-0.15, -0.1) is 0 Å². The maximum atomic E-state index is 12.1. The molecule has 2 saturated carbocycles. The van der Waals surface area contributed by atoms with Crippen LogP contribution in [0.3, 0.4) is 0 Å². The quantitative estimate of drug-likeness (QED) is 0.418. The Morgan fingerprint density at radius 3 is 2.64 bits per heavy atom. The van der Waals surface area contributed by atoms with Crippen molar-refractivity contribution in [2.75, 3.05) is 6.61 Å². The molecule has 1 saturated heterocycles. The van der Waals surface area contributed by atoms with Crippen molar-refractivity contribution < 1.29 is 31.7 Å². The predicted octanol–water partition coefficient (Wildman–Crippen LogP) is 0.401. The van der Waals surface area contributed by atoms with E-state index in [1.54, 1.807) is 0 Å². The first-order chi connectivity index (χ1) is 10.2. The molecule has 3 rings (SSSR count). The van der Waals surface area contributed by atoms with E-state index in [0.29, 0.717) is 6.42 Å². The molecule has 2 bridgehead atoms. The van der Waals surface area contributed by atoms with Crippen LogP contribution < -0.4 is 0 Å². The third-order valence-corrected chi connectivity index (χ3v) is 6.62. The summed E-state index contributed by atoms with van der Waals surface area (Å²) in [7, 11) is -3.70. The largest absolute Gasteiger partial charge is 0.458 e. The third-order valence-electron chi connectivity index (χ3n) is 4.84. The van der Waals surface area contributed by atoms with Gasteiger partial charge in [-0.3, -0.25) is 4.18 Å². The molecule has 0 aromatic rings. The molecular weight excluding hydrogens is 312 g/mol. The van der Waals surface area contributed by atoms with E-state index in [9.17, 15) is 18.0 Å². The minimum atomic E-state index is -3.70. The van der Waals surface area contributed by atoms with E-state index in [2.05, 4.69) is 6.58 Å². The summed E-state index contributed by atoms with van der Waals surface area (Å²) in [6.07, 6.45) is -0.338. The van der Waals surface area contributed by atoms with E-state index in [1.807, 2.05) is 6.92 Å². The Morgan fingerprint density at radius 1 is 1.32 bits per heavy atom. The molecule has 6 unspecified atom stereocenters. The summed E-state index contributed by atoms with van der Waals surface area (Å²) in [5.41, 5.74) is 0.177. The van der Waals surface area contributed by atoms with Crippen LogP contribution in [-0.4, -0.2) is 44.4 Å². The summed E-state index contributed by atoms with van der Waals surface area (Å²) < 4.78 is 39.3. The van der Waals surface area contributed by atoms with Gasteiger partial charge in [0.05, 0.1) is 6.10 Å². The maximum absolute atomic E-state index is 12.1. The van der Waals surface area contributed by atoms with Crippen molar-refractivity contribution in [3.05, 3.63) is 12.2 Å². The van der Waals surface area contributed by atoms with Gasteiger partial charge in [-0.1, -0.05) is 13.5 Å². The van der Waals surface area contributed by atoms with Gasteiger partial charge in [0.1, 0.15) is 11.4 Å². The maximum Gasteiger partial charge on any atom is 0.344 e. The van der Waals surface area contributed by atoms with Crippen molar-refractivity contribution in [1.82, 2.24) is 0 Å². The number of ether oxygens (including phenoxy) is 2. The van der Waals surface area contributed by atoms with Gasteiger partial charge in [-0.2, -0.15) is 8.42 Å². The molecule has 3 aliphatic rings. The highest BCUT2D eigenvalue weighted by Gasteiger charge is 2.68. The average molecular weight is 330 g/mol. The lowest BCUT2D eigenvalue weighted by molar-refractivity contribution is -0.163. The van der Waals surface area contributed by atoms with Gasteiger partial charge >= 0.3 is 11.9 Å². The standard InChI is InChI=1S/C14H18O7S/c1-6(2)14(16)19-5-10(15)20-12-8-4-9-11(7(8)3)21-22(17,18)13(9)12/h7-9,11-13H,1,4-5H2,2-3H3. The van der Waals surface area contributed by atoms with Crippen molar-refractivity contribution in [2.24, 2.45) is 17.8 Å². The molecule has 3 fully saturated rings. The SMILES string of the molecule is C=C(C)C(=O)OCC(=O)OC1C2CC3C(OS(=O)(=O)C31)C2C. The molecule has 0 aromatic heterocycles. The number of hydrogen-bond acceptors (Lipinski definition) is 7. The van der Waals surface area contributed by atoms with E-state index in [-0.39, 0.29) is 29.4 Å². The zero-order valence-electron chi connectivity index (χ0n) is 12.4. The fourth-order valence-electron chi connectivity index (χ4n) is 3.88. The van der Waals surface area contributed by atoms with Crippen LogP contribution in [0.1, 0.15) is 20.3 Å². The summed E-state index contributed by atoms with van der Waals surface area (Å²) >= 11 is 0. The molecule has 7 nitrogen and oxygen atoms in total.